The van der Waals surface area contributed by atoms with E-state index in [1.165, 1.54) is 0 Å². The number of benzene rings is 1. The fraction of sp³-hybridized carbons (Fsp3) is 0.647. The second kappa shape index (κ2) is 12.3. The van der Waals surface area contributed by atoms with Gasteiger partial charge in [-0.05, 0) is 12.1 Å². The van der Waals surface area contributed by atoms with Crippen molar-refractivity contribution in [2.75, 3.05) is 0 Å². The van der Waals surface area contributed by atoms with Gasteiger partial charge < -0.3 is 4.55 Å². The fourth-order valence-corrected chi connectivity index (χ4v) is 4.45. The van der Waals surface area contributed by atoms with Gasteiger partial charge in [0.05, 0.1) is 0 Å². The van der Waals surface area contributed by atoms with Crippen LogP contribution in [0.2, 0.25) is 0 Å². The van der Waals surface area contributed by atoms with Crippen LogP contribution in [0.5, 0.6) is 0 Å². The summed E-state index contributed by atoms with van der Waals surface area (Å²) in [5, 5.41) is 0. The van der Waals surface area contributed by atoms with Crippen molar-refractivity contribution in [1.29, 1.82) is 0 Å². The molecule has 29 heteroatoms. The van der Waals surface area contributed by atoms with Crippen LogP contribution in [0.1, 0.15) is 0 Å². The largest absolute Gasteiger partial charge is 0.741 e. The summed E-state index contributed by atoms with van der Waals surface area (Å²) in [6, 6.07) is 3.54. The normalized spacial score (nSPS) is 15.8. The summed E-state index contributed by atoms with van der Waals surface area (Å²) in [6.45, 7) is 0. The molecular formula is C17H5F24IO3S. The highest BCUT2D eigenvalue weighted by atomic mass is 127. The molecule has 0 aromatic heterocycles. The topological polar surface area (TPSA) is 57.2 Å². The third-order valence-corrected chi connectivity index (χ3v) is 7.98. The quantitative estimate of drug-likeness (QED) is 0.107. The van der Waals surface area contributed by atoms with Crippen molar-refractivity contribution in [1.82, 2.24) is 0 Å². The molecule has 0 spiro atoms. The lowest BCUT2D eigenvalue weighted by Gasteiger charge is -2.43. The van der Waals surface area contributed by atoms with Gasteiger partial charge in [0.2, 0.25) is 0 Å². The van der Waals surface area contributed by atoms with Crippen molar-refractivity contribution >= 4 is 10.1 Å². The van der Waals surface area contributed by atoms with Crippen molar-refractivity contribution in [3.05, 3.63) is 33.9 Å². The van der Waals surface area contributed by atoms with Crippen molar-refractivity contribution in [3.63, 3.8) is 0 Å². The number of rotatable bonds is 10. The minimum absolute atomic E-state index is 0.486. The number of hydrogen-bond donors (Lipinski definition) is 0. The molecule has 0 bridgehead atoms. The van der Waals surface area contributed by atoms with E-state index in [4.69, 9.17) is 13.0 Å². The van der Waals surface area contributed by atoms with Gasteiger partial charge in [-0.1, -0.05) is 18.2 Å². The Morgan fingerprint density at radius 1 is 0.435 bits per heavy atom. The summed E-state index contributed by atoms with van der Waals surface area (Å²) in [7, 11) is -6.09. The standard InChI is InChI=1S/C16H5F21I.CHF3O3S/c17-7(18,9(21,22)11(25,26)13(29,30)15(33,34)35)8(19,20)10(23,24)12(27,28)14(31,32)16(36,37)38-6-4-2-1-3-5-6;2-1(3,4)8(5,6)7/h1-5H;(H,5,6,7)/q+1;/p-1. The maximum Gasteiger partial charge on any atom is 0.516 e. The predicted molar refractivity (Wildman–Crippen MR) is 91.5 cm³/mol. The Morgan fingerprint density at radius 3 is 0.913 bits per heavy atom. The Morgan fingerprint density at radius 2 is 0.674 bits per heavy atom. The van der Waals surface area contributed by atoms with Gasteiger partial charge in [0.25, 0.3) is 0 Å². The van der Waals surface area contributed by atoms with E-state index in [9.17, 15) is 105 Å². The van der Waals surface area contributed by atoms with Crippen LogP contribution in [0, 0.1) is 3.57 Å². The smallest absolute Gasteiger partial charge is 0.516 e. The van der Waals surface area contributed by atoms with Gasteiger partial charge in [-0.3, -0.25) is 0 Å². The summed E-state index contributed by atoms with van der Waals surface area (Å²) in [6.07, 6.45) is -7.99. The molecule has 1 aromatic rings. The molecule has 0 atom stereocenters. The van der Waals surface area contributed by atoms with Crippen molar-refractivity contribution in [3.8, 4) is 0 Å². The summed E-state index contributed by atoms with van der Waals surface area (Å²) < 4.78 is 330. The van der Waals surface area contributed by atoms with E-state index in [0.717, 1.165) is 18.2 Å². The average molecular weight is 872 g/mol. The lowest BCUT2D eigenvalue weighted by molar-refractivity contribution is -0.790. The first-order valence-corrected chi connectivity index (χ1v) is 13.3. The van der Waals surface area contributed by atoms with Gasteiger partial charge in [0.1, 0.15) is 0 Å². The molecule has 0 aliphatic carbocycles. The zero-order valence-corrected chi connectivity index (χ0v) is 22.9. The summed E-state index contributed by atoms with van der Waals surface area (Å²) in [5.41, 5.74) is -5.65. The highest BCUT2D eigenvalue weighted by molar-refractivity contribution is 7.86. The second-order valence-corrected chi connectivity index (χ2v) is 12.4. The molecule has 0 saturated heterocycles. The minimum atomic E-state index is -9.15. The van der Waals surface area contributed by atoms with Crippen LogP contribution in [0.4, 0.5) is 105 Å². The first-order chi connectivity index (χ1) is 19.6. The molecule has 3 nitrogen and oxygen atoms in total. The number of alkyl halides is 25. The van der Waals surface area contributed by atoms with Gasteiger partial charge in [-0.15, -0.1) is 0 Å². The number of halogens is 25. The van der Waals surface area contributed by atoms with Crippen LogP contribution in [0.15, 0.2) is 30.3 Å². The zero-order chi connectivity index (χ0) is 37.8. The molecule has 1 rings (SSSR count). The monoisotopic (exact) mass is 872 g/mol. The molecule has 0 unspecified atom stereocenters. The van der Waals surface area contributed by atoms with Crippen molar-refractivity contribution in [2.24, 2.45) is 0 Å². The molecule has 1 aromatic carbocycles. The highest BCUT2D eigenvalue weighted by Crippen LogP contribution is 2.65. The van der Waals surface area contributed by atoms with Gasteiger partial charge in [-0.25, -0.2) is 8.42 Å². The van der Waals surface area contributed by atoms with Crippen LogP contribution in [0.25, 0.3) is 0 Å². The molecule has 0 heterocycles. The molecule has 0 fully saturated rings. The average Bonchev–Trinajstić information content (AvgIpc) is 2.81. The Bertz CT molecular complexity index is 1300. The Balaban J connectivity index is 0.00000222. The molecule has 272 valence electrons. The van der Waals surface area contributed by atoms with Gasteiger partial charge in [0, 0.05) is 0 Å². The third kappa shape index (κ3) is 6.99. The molecule has 0 aliphatic heterocycles. The Hall–Kier alpha value is -1.82. The maximum atomic E-state index is 13.9. The summed E-state index contributed by atoms with van der Waals surface area (Å²) >= 11 is -3.98. The van der Waals surface area contributed by atoms with Crippen molar-refractivity contribution in [2.45, 2.75) is 63.0 Å². The third-order valence-electron chi connectivity index (χ3n) is 4.72. The van der Waals surface area contributed by atoms with E-state index in [1.54, 1.807) is 0 Å². The van der Waals surface area contributed by atoms with Gasteiger partial charge in [-0.2, -0.15) is 105 Å². The first kappa shape index (κ1) is 44.2. The van der Waals surface area contributed by atoms with E-state index in [2.05, 4.69) is 0 Å². The highest BCUT2D eigenvalue weighted by Gasteiger charge is 2.99. The molecule has 0 radical (unpaired) electrons. The SMILES string of the molecule is FC(F)(F)C(F)(F)C(F)(F)C(F)(F)C(F)(F)C(F)(F)C(F)(F)C(F)(F)C(F)(F)C(F)(F)[I+]c1ccccc1.O=S(=O)([O-])C(F)(F)F. The predicted octanol–water partition coefficient (Wildman–Crippen LogP) is 5.23. The Labute approximate surface area is 246 Å². The van der Waals surface area contributed by atoms with Crippen LogP contribution in [-0.2, 0) is 10.1 Å². The van der Waals surface area contributed by atoms with Gasteiger partial charge in [0.15, 0.2) is 13.7 Å². The van der Waals surface area contributed by atoms with Crippen molar-refractivity contribution < 1.29 is 140 Å². The van der Waals surface area contributed by atoms with E-state index in [1.807, 2.05) is 0 Å². The Kier molecular flexibility index (Phi) is 11.8. The van der Waals surface area contributed by atoms with Gasteiger partial charge >= 0.3 is 84.2 Å². The zero-order valence-electron chi connectivity index (χ0n) is 20.0. The molecule has 0 aliphatic rings. The molecular weight excluding hydrogens is 867 g/mol. The molecule has 0 N–H and O–H groups in total. The van der Waals surface area contributed by atoms with Crippen LogP contribution < -0.4 is 21.2 Å². The fourth-order valence-electron chi connectivity index (χ4n) is 2.21. The summed E-state index contributed by atoms with van der Waals surface area (Å²) in [4.78, 5) is 0. The molecule has 0 saturated carbocycles. The molecule has 46 heavy (non-hydrogen) atoms. The summed E-state index contributed by atoms with van der Waals surface area (Å²) in [5.74, 6) is -69.9. The van der Waals surface area contributed by atoms with E-state index in [0.29, 0.717) is 12.1 Å². The maximum absolute atomic E-state index is 13.9. The van der Waals surface area contributed by atoms with Crippen LogP contribution in [-0.4, -0.2) is 76.0 Å². The lowest BCUT2D eigenvalue weighted by Crippen LogP contribution is -3.68. The van der Waals surface area contributed by atoms with E-state index in [-0.39, 0.29) is 0 Å². The second-order valence-electron chi connectivity index (χ2n) is 7.88. The van der Waals surface area contributed by atoms with E-state index >= 15 is 0 Å². The number of hydrogen-bond acceptors (Lipinski definition) is 3. The molecule has 0 amide bonds. The van der Waals surface area contributed by atoms with Crippen LogP contribution >= 0.6 is 0 Å². The lowest BCUT2D eigenvalue weighted by atomic mass is 9.87. The first-order valence-electron chi connectivity index (χ1n) is 9.78. The minimum Gasteiger partial charge on any atom is -0.741 e. The van der Waals surface area contributed by atoms with Crippen LogP contribution in [0.3, 0.4) is 0 Å². The van der Waals surface area contributed by atoms with E-state index < -0.39 is 97.9 Å².